The van der Waals surface area contributed by atoms with E-state index in [0.717, 1.165) is 4.90 Å². The van der Waals surface area contributed by atoms with Gasteiger partial charge in [0, 0.05) is 18.3 Å². The number of hydrogen-bond donors (Lipinski definition) is 2. The fourth-order valence-corrected chi connectivity index (χ4v) is 1.81. The number of methoxy groups -OCH3 is 2. The van der Waals surface area contributed by atoms with Crippen molar-refractivity contribution in [1.82, 2.24) is 4.90 Å². The van der Waals surface area contributed by atoms with Gasteiger partial charge in [-0.3, -0.25) is 4.79 Å². The van der Waals surface area contributed by atoms with Gasteiger partial charge in [0.15, 0.2) is 11.5 Å². The van der Waals surface area contributed by atoms with E-state index in [-0.39, 0.29) is 23.5 Å². The molecular formula is C13H18F2N2O4. The molecule has 3 N–H and O–H groups in total. The predicted molar refractivity (Wildman–Crippen MR) is 73.0 cm³/mol. The number of nitrogen functional groups attached to an aromatic ring is 1. The van der Waals surface area contributed by atoms with Crippen molar-refractivity contribution in [2.24, 2.45) is 0 Å². The molecule has 21 heavy (non-hydrogen) atoms. The zero-order chi connectivity index (χ0) is 16.0. The highest BCUT2D eigenvalue weighted by atomic mass is 19.3. The summed E-state index contributed by atoms with van der Waals surface area (Å²) < 4.78 is 35.1. The van der Waals surface area contributed by atoms with Crippen molar-refractivity contribution < 1.29 is 28.2 Å². The number of halogens is 2. The lowest BCUT2D eigenvalue weighted by Crippen LogP contribution is -2.37. The number of ether oxygens (including phenoxy) is 2. The Morgan fingerprint density at radius 2 is 1.90 bits per heavy atom. The van der Waals surface area contributed by atoms with Crippen molar-refractivity contribution in [3.05, 3.63) is 17.7 Å². The largest absolute Gasteiger partial charge is 0.493 e. The smallest absolute Gasteiger partial charge is 0.256 e. The number of hydrogen-bond acceptors (Lipinski definition) is 5. The van der Waals surface area contributed by atoms with E-state index in [4.69, 9.17) is 20.3 Å². The van der Waals surface area contributed by atoms with Crippen molar-refractivity contribution in [1.29, 1.82) is 0 Å². The quantitative estimate of drug-likeness (QED) is 0.734. The third-order valence-electron chi connectivity index (χ3n) is 2.80. The van der Waals surface area contributed by atoms with Gasteiger partial charge in [-0.25, -0.2) is 8.78 Å². The average Bonchev–Trinajstić information content (AvgIpc) is 2.45. The third-order valence-corrected chi connectivity index (χ3v) is 2.80. The van der Waals surface area contributed by atoms with E-state index in [1.165, 1.54) is 26.4 Å². The van der Waals surface area contributed by atoms with Crippen LogP contribution in [0.5, 0.6) is 11.5 Å². The molecule has 0 aromatic heterocycles. The third kappa shape index (κ3) is 4.19. The molecule has 118 valence electrons. The number of anilines is 1. The van der Waals surface area contributed by atoms with Gasteiger partial charge in [-0.15, -0.1) is 0 Å². The molecule has 0 radical (unpaired) electrons. The van der Waals surface area contributed by atoms with Gasteiger partial charge in [-0.1, -0.05) is 0 Å². The Hall–Kier alpha value is -2.09. The molecule has 0 unspecified atom stereocenters. The molecule has 0 bridgehead atoms. The molecule has 1 rings (SSSR count). The SMILES string of the molecule is COc1cc(N)c(C(=O)N(CCO)CC(F)F)cc1OC. The van der Waals surface area contributed by atoms with Gasteiger partial charge in [0.25, 0.3) is 12.3 Å². The summed E-state index contributed by atoms with van der Waals surface area (Å²) in [6.07, 6.45) is -2.71. The van der Waals surface area contributed by atoms with Crippen LogP contribution in [0.1, 0.15) is 10.4 Å². The van der Waals surface area contributed by atoms with Gasteiger partial charge >= 0.3 is 0 Å². The van der Waals surface area contributed by atoms with E-state index in [1.54, 1.807) is 0 Å². The predicted octanol–water partition coefficient (Wildman–Crippen LogP) is 0.986. The number of aliphatic hydroxyl groups excluding tert-OH is 1. The molecule has 0 fully saturated rings. The molecule has 0 aliphatic heterocycles. The first-order valence-corrected chi connectivity index (χ1v) is 6.14. The van der Waals surface area contributed by atoms with Crippen LogP contribution in [0.3, 0.4) is 0 Å². The maximum atomic E-state index is 12.5. The second-order valence-corrected chi connectivity index (χ2v) is 4.16. The lowest BCUT2D eigenvalue weighted by atomic mass is 10.1. The minimum Gasteiger partial charge on any atom is -0.493 e. The van der Waals surface area contributed by atoms with Gasteiger partial charge in [0.2, 0.25) is 0 Å². The Labute approximate surface area is 121 Å². The first-order valence-electron chi connectivity index (χ1n) is 6.14. The molecule has 0 heterocycles. The number of aliphatic hydroxyl groups is 1. The van der Waals surface area contributed by atoms with Gasteiger partial charge in [0.1, 0.15) is 0 Å². The van der Waals surface area contributed by atoms with E-state index >= 15 is 0 Å². The van der Waals surface area contributed by atoms with Crippen LogP contribution < -0.4 is 15.2 Å². The summed E-state index contributed by atoms with van der Waals surface area (Å²) in [6, 6.07) is 2.71. The van der Waals surface area contributed by atoms with Crippen LogP contribution in [0.25, 0.3) is 0 Å². The van der Waals surface area contributed by atoms with Crippen LogP contribution in [0, 0.1) is 0 Å². The zero-order valence-electron chi connectivity index (χ0n) is 11.8. The molecule has 1 aromatic rings. The number of alkyl halides is 2. The summed E-state index contributed by atoms with van der Waals surface area (Å²) in [5.74, 6) is -0.118. The van der Waals surface area contributed by atoms with Crippen LogP contribution in [-0.2, 0) is 0 Å². The molecule has 0 saturated carbocycles. The minimum atomic E-state index is -2.71. The number of carbonyl (C=O) groups is 1. The molecule has 0 aliphatic rings. The van der Waals surface area contributed by atoms with Crippen molar-refractivity contribution in [3.63, 3.8) is 0 Å². The van der Waals surface area contributed by atoms with Crippen LogP contribution in [-0.4, -0.2) is 56.3 Å². The van der Waals surface area contributed by atoms with E-state index < -0.39 is 25.5 Å². The van der Waals surface area contributed by atoms with Crippen LogP contribution in [0.15, 0.2) is 12.1 Å². The van der Waals surface area contributed by atoms with E-state index in [2.05, 4.69) is 0 Å². The molecule has 8 heteroatoms. The highest BCUT2D eigenvalue weighted by Gasteiger charge is 2.23. The summed E-state index contributed by atoms with van der Waals surface area (Å²) in [7, 11) is 2.79. The maximum Gasteiger partial charge on any atom is 0.256 e. The number of amides is 1. The second kappa shape index (κ2) is 7.63. The lowest BCUT2D eigenvalue weighted by Gasteiger charge is -2.22. The molecule has 0 atom stereocenters. The van der Waals surface area contributed by atoms with Crippen molar-refractivity contribution in [2.75, 3.05) is 39.6 Å². The fourth-order valence-electron chi connectivity index (χ4n) is 1.81. The summed E-state index contributed by atoms with van der Waals surface area (Å²) in [4.78, 5) is 13.1. The van der Waals surface area contributed by atoms with Gasteiger partial charge < -0.3 is 25.2 Å². The molecular weight excluding hydrogens is 286 g/mol. The van der Waals surface area contributed by atoms with Crippen LogP contribution >= 0.6 is 0 Å². The Morgan fingerprint density at radius 3 is 2.38 bits per heavy atom. The first kappa shape index (κ1) is 17.0. The number of nitrogens with zero attached hydrogens (tertiary/aromatic N) is 1. The summed E-state index contributed by atoms with van der Waals surface area (Å²) >= 11 is 0. The molecule has 6 nitrogen and oxygen atoms in total. The van der Waals surface area contributed by atoms with Gasteiger partial charge in [-0.2, -0.15) is 0 Å². The summed E-state index contributed by atoms with van der Waals surface area (Å²) in [5.41, 5.74) is 5.85. The van der Waals surface area contributed by atoms with Crippen molar-refractivity contribution in [2.45, 2.75) is 6.43 Å². The van der Waals surface area contributed by atoms with Crippen LogP contribution in [0.4, 0.5) is 14.5 Å². The highest BCUT2D eigenvalue weighted by Crippen LogP contribution is 2.32. The maximum absolute atomic E-state index is 12.5. The molecule has 1 aromatic carbocycles. The topological polar surface area (TPSA) is 85.0 Å². The number of rotatable bonds is 7. The molecule has 0 spiro atoms. The number of nitrogens with two attached hydrogens (primary N) is 1. The first-order chi connectivity index (χ1) is 9.94. The van der Waals surface area contributed by atoms with Crippen molar-refractivity contribution >= 4 is 11.6 Å². The van der Waals surface area contributed by atoms with Crippen LogP contribution in [0.2, 0.25) is 0 Å². The summed E-state index contributed by atoms with van der Waals surface area (Å²) in [5, 5.41) is 8.88. The normalized spacial score (nSPS) is 10.6. The van der Waals surface area contributed by atoms with Crippen molar-refractivity contribution in [3.8, 4) is 11.5 Å². The van der Waals surface area contributed by atoms with Gasteiger partial charge in [-0.05, 0) is 6.07 Å². The number of benzene rings is 1. The number of carbonyl (C=O) groups excluding carboxylic acids is 1. The minimum absolute atomic E-state index is 0.0155. The second-order valence-electron chi connectivity index (χ2n) is 4.16. The molecule has 0 saturated heterocycles. The average molecular weight is 304 g/mol. The van der Waals surface area contributed by atoms with E-state index in [1.807, 2.05) is 0 Å². The summed E-state index contributed by atoms with van der Waals surface area (Å²) in [6.45, 7) is -1.42. The Kier molecular flexibility index (Phi) is 6.16. The van der Waals surface area contributed by atoms with E-state index in [9.17, 15) is 13.6 Å². The van der Waals surface area contributed by atoms with E-state index in [0.29, 0.717) is 5.75 Å². The highest BCUT2D eigenvalue weighted by molar-refractivity contribution is 6.00. The Balaban J connectivity index is 3.14. The zero-order valence-corrected chi connectivity index (χ0v) is 11.8. The standard InChI is InChI=1S/C13H18F2N2O4/c1-20-10-5-8(9(16)6-11(10)21-2)13(19)17(3-4-18)7-12(14)15/h5-6,12,18H,3-4,7,16H2,1-2H3. The Bertz CT molecular complexity index is 497. The van der Waals surface area contributed by atoms with Gasteiger partial charge in [0.05, 0.1) is 32.9 Å². The molecule has 0 aliphatic carbocycles. The monoisotopic (exact) mass is 304 g/mol. The molecule has 1 amide bonds. The fraction of sp³-hybridized carbons (Fsp3) is 0.462. The lowest BCUT2D eigenvalue weighted by molar-refractivity contribution is 0.0510. The Morgan fingerprint density at radius 1 is 1.33 bits per heavy atom.